The fourth-order valence-corrected chi connectivity index (χ4v) is 4.96. The minimum Gasteiger partial charge on any atom is -0.457 e. The first-order valence-corrected chi connectivity index (χ1v) is 13.7. The quantitative estimate of drug-likeness (QED) is 0.250. The smallest absolute Gasteiger partial charge is 0.258 e. The van der Waals surface area contributed by atoms with Crippen LogP contribution in [0, 0.1) is 0 Å². The summed E-state index contributed by atoms with van der Waals surface area (Å²) in [6.45, 7) is 2.17. The second kappa shape index (κ2) is 11.6. The lowest BCUT2D eigenvalue weighted by Gasteiger charge is -2.14. The summed E-state index contributed by atoms with van der Waals surface area (Å²) in [5.41, 5.74) is 4.35. The fourth-order valence-electron chi connectivity index (χ4n) is 4.96. The lowest BCUT2D eigenvalue weighted by Crippen LogP contribution is -2.21. The van der Waals surface area contributed by atoms with Crippen molar-refractivity contribution < 1.29 is 28.7 Å². The van der Waals surface area contributed by atoms with Gasteiger partial charge in [0.05, 0.1) is 11.1 Å². The number of imide groups is 2. The average molecular weight is 571 g/mol. The Morgan fingerprint density at radius 3 is 1.28 bits per heavy atom. The van der Waals surface area contributed by atoms with E-state index in [2.05, 4.69) is 29.7 Å². The third-order valence-electron chi connectivity index (χ3n) is 7.23. The molecule has 4 amide bonds. The van der Waals surface area contributed by atoms with E-state index in [1.54, 1.807) is 48.5 Å². The van der Waals surface area contributed by atoms with E-state index in [1.807, 2.05) is 36.4 Å². The Balaban J connectivity index is 1.02. The molecule has 2 aliphatic rings. The summed E-state index contributed by atoms with van der Waals surface area (Å²) in [5, 5.41) is 4.49. The minimum atomic E-state index is -0.406. The second-order valence-electron chi connectivity index (χ2n) is 10.3. The topological polar surface area (TPSA) is 111 Å². The molecule has 2 aliphatic heterocycles. The van der Waals surface area contributed by atoms with Crippen molar-refractivity contribution in [3.8, 4) is 23.0 Å². The SMILES string of the molecule is CC(Cc1ccc(Oc2ccc(C3=CC(=O)NC3=O)cc2)cc1)c1ccc(Oc2ccc(C3=CC(=O)NC3=O)cc2)cc1. The van der Waals surface area contributed by atoms with Crippen molar-refractivity contribution in [1.82, 2.24) is 10.6 Å². The summed E-state index contributed by atoms with van der Waals surface area (Å²) in [5.74, 6) is 1.32. The molecule has 8 heteroatoms. The Morgan fingerprint density at radius 1 is 0.535 bits per heavy atom. The summed E-state index contributed by atoms with van der Waals surface area (Å²) < 4.78 is 11.9. The standard InChI is InChI=1S/C35H26N2O6/c1-21(23-4-12-27(13-5-23)43-29-16-8-25(9-17-29)31-20-33(39)37-35(31)41)18-22-2-10-26(11-3-22)42-28-14-6-24(7-15-28)30-19-32(38)36-34(30)40/h2-17,19-21H,18H2,1H3,(H,36,38,40)(H,37,39,41). The first-order valence-electron chi connectivity index (χ1n) is 13.7. The highest BCUT2D eigenvalue weighted by atomic mass is 16.5. The van der Waals surface area contributed by atoms with Gasteiger partial charge in [0, 0.05) is 12.2 Å². The molecule has 6 rings (SSSR count). The van der Waals surface area contributed by atoms with E-state index in [0.717, 1.165) is 6.42 Å². The molecular weight excluding hydrogens is 544 g/mol. The first kappa shape index (κ1) is 27.4. The molecule has 43 heavy (non-hydrogen) atoms. The Hall–Kier alpha value is -5.76. The van der Waals surface area contributed by atoms with Crippen LogP contribution in [0.3, 0.4) is 0 Å². The molecule has 0 saturated heterocycles. The van der Waals surface area contributed by atoms with E-state index < -0.39 is 23.6 Å². The van der Waals surface area contributed by atoms with Gasteiger partial charge in [0.25, 0.3) is 23.6 Å². The van der Waals surface area contributed by atoms with Crippen LogP contribution in [0.1, 0.15) is 35.1 Å². The molecule has 0 saturated carbocycles. The van der Waals surface area contributed by atoms with Gasteiger partial charge >= 0.3 is 0 Å². The Bertz CT molecular complexity index is 1790. The summed E-state index contributed by atoms with van der Waals surface area (Å²) in [6, 6.07) is 30.0. The van der Waals surface area contributed by atoms with Crippen LogP contribution >= 0.6 is 0 Å². The highest BCUT2D eigenvalue weighted by Crippen LogP contribution is 2.29. The van der Waals surface area contributed by atoms with Crippen LogP contribution in [0.15, 0.2) is 109 Å². The molecule has 0 radical (unpaired) electrons. The summed E-state index contributed by atoms with van der Waals surface area (Å²) in [6.07, 6.45) is 3.44. The number of nitrogens with one attached hydrogen (secondary N) is 2. The molecule has 8 nitrogen and oxygen atoms in total. The molecule has 212 valence electrons. The lowest BCUT2D eigenvalue weighted by molar-refractivity contribution is -0.124. The molecule has 0 aliphatic carbocycles. The van der Waals surface area contributed by atoms with E-state index in [0.29, 0.717) is 45.3 Å². The van der Waals surface area contributed by atoms with Crippen molar-refractivity contribution in [3.63, 3.8) is 0 Å². The van der Waals surface area contributed by atoms with E-state index in [9.17, 15) is 19.2 Å². The largest absolute Gasteiger partial charge is 0.457 e. The van der Waals surface area contributed by atoms with Crippen LogP contribution in [-0.4, -0.2) is 23.6 Å². The summed E-state index contributed by atoms with van der Waals surface area (Å²) in [4.78, 5) is 46.5. The summed E-state index contributed by atoms with van der Waals surface area (Å²) >= 11 is 0. The molecule has 4 aromatic rings. The minimum absolute atomic E-state index is 0.273. The van der Waals surface area contributed by atoms with E-state index >= 15 is 0 Å². The maximum absolute atomic E-state index is 11.8. The second-order valence-corrected chi connectivity index (χ2v) is 10.3. The maximum Gasteiger partial charge on any atom is 0.258 e. The van der Waals surface area contributed by atoms with Crippen LogP contribution < -0.4 is 20.1 Å². The Morgan fingerprint density at radius 2 is 0.907 bits per heavy atom. The van der Waals surface area contributed by atoms with Crippen LogP contribution in [0.25, 0.3) is 11.1 Å². The van der Waals surface area contributed by atoms with Crippen molar-refractivity contribution in [2.24, 2.45) is 0 Å². The highest BCUT2D eigenvalue weighted by molar-refractivity contribution is 6.34. The number of amides is 4. The van der Waals surface area contributed by atoms with Gasteiger partial charge in [-0.05, 0) is 83.1 Å². The van der Waals surface area contributed by atoms with Crippen LogP contribution in [-0.2, 0) is 25.6 Å². The first-order chi connectivity index (χ1) is 20.8. The molecule has 1 unspecified atom stereocenters. The average Bonchev–Trinajstić information content (AvgIpc) is 3.53. The zero-order valence-corrected chi connectivity index (χ0v) is 23.1. The third-order valence-corrected chi connectivity index (χ3v) is 7.23. The van der Waals surface area contributed by atoms with Crippen molar-refractivity contribution >= 4 is 34.8 Å². The van der Waals surface area contributed by atoms with Gasteiger partial charge in [0.2, 0.25) is 0 Å². The van der Waals surface area contributed by atoms with Gasteiger partial charge in [-0.3, -0.25) is 29.8 Å². The number of rotatable bonds is 9. The van der Waals surface area contributed by atoms with Gasteiger partial charge in [0.1, 0.15) is 23.0 Å². The van der Waals surface area contributed by atoms with Crippen molar-refractivity contribution in [2.45, 2.75) is 19.3 Å². The maximum atomic E-state index is 11.8. The van der Waals surface area contributed by atoms with Crippen LogP contribution in [0.4, 0.5) is 0 Å². The normalized spacial score (nSPS) is 15.0. The van der Waals surface area contributed by atoms with Gasteiger partial charge in [0.15, 0.2) is 0 Å². The molecule has 2 N–H and O–H groups in total. The van der Waals surface area contributed by atoms with E-state index in [1.165, 1.54) is 23.3 Å². The van der Waals surface area contributed by atoms with Crippen molar-refractivity contribution in [3.05, 3.63) is 131 Å². The van der Waals surface area contributed by atoms with Crippen molar-refractivity contribution in [1.29, 1.82) is 0 Å². The van der Waals surface area contributed by atoms with Crippen LogP contribution in [0.2, 0.25) is 0 Å². The zero-order valence-electron chi connectivity index (χ0n) is 23.1. The zero-order chi connectivity index (χ0) is 29.9. The fraction of sp³-hybridized carbons (Fsp3) is 0.0857. The molecule has 0 bridgehead atoms. The number of carbonyl (C=O) groups excluding carboxylic acids is 4. The molecule has 0 aromatic heterocycles. The molecular formula is C35H26N2O6. The molecule has 0 fully saturated rings. The molecule has 0 spiro atoms. The lowest BCUT2D eigenvalue weighted by atomic mass is 9.94. The highest BCUT2D eigenvalue weighted by Gasteiger charge is 2.23. The van der Waals surface area contributed by atoms with Gasteiger partial charge in [-0.1, -0.05) is 55.5 Å². The Kier molecular flexibility index (Phi) is 7.41. The van der Waals surface area contributed by atoms with E-state index in [-0.39, 0.29) is 5.92 Å². The van der Waals surface area contributed by atoms with Gasteiger partial charge in [-0.15, -0.1) is 0 Å². The van der Waals surface area contributed by atoms with Gasteiger partial charge < -0.3 is 9.47 Å². The Labute approximate surface area is 247 Å². The molecule has 2 heterocycles. The number of carbonyl (C=O) groups is 4. The molecule has 4 aromatic carbocycles. The number of hydrogen-bond donors (Lipinski definition) is 2. The third kappa shape index (κ3) is 6.28. The van der Waals surface area contributed by atoms with Gasteiger partial charge in [-0.2, -0.15) is 0 Å². The predicted octanol–water partition coefficient (Wildman–Crippen LogP) is 5.70. The van der Waals surface area contributed by atoms with E-state index in [4.69, 9.17) is 9.47 Å². The molecule has 1 atom stereocenters. The monoisotopic (exact) mass is 570 g/mol. The number of hydrogen-bond acceptors (Lipinski definition) is 6. The number of benzene rings is 4. The summed E-state index contributed by atoms with van der Waals surface area (Å²) in [7, 11) is 0. The number of ether oxygens (including phenoxy) is 2. The van der Waals surface area contributed by atoms with Crippen molar-refractivity contribution in [2.75, 3.05) is 0 Å². The van der Waals surface area contributed by atoms with Crippen LogP contribution in [0.5, 0.6) is 23.0 Å². The van der Waals surface area contributed by atoms with Gasteiger partial charge in [-0.25, -0.2) is 0 Å². The predicted molar refractivity (Wildman–Crippen MR) is 160 cm³/mol.